The van der Waals surface area contributed by atoms with Crippen molar-refractivity contribution in [1.29, 1.82) is 0 Å². The Morgan fingerprint density at radius 2 is 2.04 bits per heavy atom. The van der Waals surface area contributed by atoms with Gasteiger partial charge in [0.05, 0.1) is 5.69 Å². The number of carboxylic acid groups (broad SMARTS) is 1. The molecule has 1 aromatic carbocycles. The lowest BCUT2D eigenvalue weighted by atomic mass is 10.2. The maximum atomic E-state index is 12.6. The second-order valence-corrected chi connectivity index (χ2v) is 6.43. The van der Waals surface area contributed by atoms with Crippen LogP contribution in [0.1, 0.15) is 26.2 Å². The molecule has 0 radical (unpaired) electrons. The number of carbonyl (C=O) groups is 2. The zero-order chi connectivity index (χ0) is 18.2. The van der Waals surface area contributed by atoms with E-state index in [0.29, 0.717) is 18.7 Å². The molecule has 0 spiro atoms. The number of hydrogen-bond donors (Lipinski definition) is 1. The number of benzene rings is 1. The Labute approximate surface area is 151 Å². The maximum Gasteiger partial charge on any atom is 0.512 e. The van der Waals surface area contributed by atoms with Gasteiger partial charge in [0, 0.05) is 17.8 Å². The molecule has 1 amide bonds. The molecule has 25 heavy (non-hydrogen) atoms. The van der Waals surface area contributed by atoms with E-state index in [1.54, 1.807) is 12.1 Å². The van der Waals surface area contributed by atoms with Crippen LogP contribution in [0.4, 0.5) is 10.5 Å². The summed E-state index contributed by atoms with van der Waals surface area (Å²) < 4.78 is 4.94. The van der Waals surface area contributed by atoms with E-state index in [1.165, 1.54) is 16.2 Å². The van der Waals surface area contributed by atoms with Crippen LogP contribution in [0.25, 0.3) is 10.4 Å². The molecule has 5 nitrogen and oxygen atoms in total. The molecule has 0 aliphatic carbocycles. The molecule has 6 heteroatoms. The van der Waals surface area contributed by atoms with Crippen LogP contribution in [0, 0.1) is 0 Å². The summed E-state index contributed by atoms with van der Waals surface area (Å²) in [7, 11) is 0. The van der Waals surface area contributed by atoms with Gasteiger partial charge in [-0.15, -0.1) is 6.58 Å². The zero-order valence-corrected chi connectivity index (χ0v) is 14.9. The molecule has 0 unspecified atom stereocenters. The predicted octanol–water partition coefficient (Wildman–Crippen LogP) is 5.18. The molecule has 0 fully saturated rings. The van der Waals surface area contributed by atoms with E-state index in [2.05, 4.69) is 6.58 Å². The molecule has 2 aromatic rings. The van der Waals surface area contributed by atoms with Gasteiger partial charge in [0.25, 0.3) is 0 Å². The standard InChI is InChI=1S/C19H21NO4S/c1-3-5-11-17(21)20(12-4-2)15-13-16(14-9-7-6-8-10-14)25-18(15)24-19(22)23/h4,6-10,13H,2-3,5,11-12H2,1H3,(H,22,23). The molecule has 1 heterocycles. The maximum absolute atomic E-state index is 12.6. The second-order valence-electron chi connectivity index (χ2n) is 5.41. The average molecular weight is 359 g/mol. The highest BCUT2D eigenvalue weighted by molar-refractivity contribution is 7.18. The Hall–Kier alpha value is -2.60. The smallest absolute Gasteiger partial charge is 0.449 e. The summed E-state index contributed by atoms with van der Waals surface area (Å²) in [5.41, 5.74) is 1.40. The number of thiophene rings is 1. The van der Waals surface area contributed by atoms with Gasteiger partial charge in [0.1, 0.15) is 0 Å². The van der Waals surface area contributed by atoms with Crippen LogP contribution in [0.5, 0.6) is 5.06 Å². The summed E-state index contributed by atoms with van der Waals surface area (Å²) in [6, 6.07) is 11.4. The molecule has 0 atom stereocenters. The van der Waals surface area contributed by atoms with E-state index in [1.807, 2.05) is 37.3 Å². The van der Waals surface area contributed by atoms with Crippen molar-refractivity contribution in [1.82, 2.24) is 0 Å². The normalized spacial score (nSPS) is 10.3. The van der Waals surface area contributed by atoms with Gasteiger partial charge in [-0.1, -0.05) is 61.1 Å². The van der Waals surface area contributed by atoms with Gasteiger partial charge in [-0.25, -0.2) is 4.79 Å². The summed E-state index contributed by atoms with van der Waals surface area (Å²) in [4.78, 5) is 26.0. The minimum atomic E-state index is -1.40. The van der Waals surface area contributed by atoms with Gasteiger partial charge in [-0.3, -0.25) is 4.79 Å². The predicted molar refractivity (Wildman–Crippen MR) is 100 cm³/mol. The fourth-order valence-electron chi connectivity index (χ4n) is 2.38. The van der Waals surface area contributed by atoms with Crippen LogP contribution in [-0.4, -0.2) is 23.7 Å². The van der Waals surface area contributed by atoms with Crippen molar-refractivity contribution in [2.75, 3.05) is 11.4 Å². The van der Waals surface area contributed by atoms with Gasteiger partial charge in [-0.2, -0.15) is 0 Å². The summed E-state index contributed by atoms with van der Waals surface area (Å²) in [5, 5.41) is 9.22. The van der Waals surface area contributed by atoms with E-state index >= 15 is 0 Å². The Bertz CT molecular complexity index is 739. The number of amides is 1. The topological polar surface area (TPSA) is 66.8 Å². The average Bonchev–Trinajstić information content (AvgIpc) is 3.01. The number of carbonyl (C=O) groups excluding carboxylic acids is 1. The fourth-order valence-corrected chi connectivity index (χ4v) is 3.39. The van der Waals surface area contributed by atoms with Crippen LogP contribution in [0.3, 0.4) is 0 Å². The van der Waals surface area contributed by atoms with Crippen LogP contribution in [0.2, 0.25) is 0 Å². The monoisotopic (exact) mass is 359 g/mol. The van der Waals surface area contributed by atoms with E-state index < -0.39 is 6.16 Å². The van der Waals surface area contributed by atoms with Crippen LogP contribution < -0.4 is 9.64 Å². The first kappa shape index (κ1) is 18.7. The van der Waals surface area contributed by atoms with Crippen LogP contribution in [-0.2, 0) is 4.79 Å². The van der Waals surface area contributed by atoms with Gasteiger partial charge in [0.15, 0.2) is 0 Å². The van der Waals surface area contributed by atoms with Gasteiger partial charge in [0.2, 0.25) is 11.0 Å². The third-order valence-electron chi connectivity index (χ3n) is 3.57. The summed E-state index contributed by atoms with van der Waals surface area (Å²) in [6.07, 6.45) is 2.30. The molecular formula is C19H21NO4S. The number of nitrogens with zero attached hydrogens (tertiary/aromatic N) is 1. The quantitative estimate of drug-likeness (QED) is 0.521. The number of hydrogen-bond acceptors (Lipinski definition) is 4. The number of ether oxygens (including phenoxy) is 1. The number of anilines is 1. The largest absolute Gasteiger partial charge is 0.512 e. The minimum absolute atomic E-state index is 0.0746. The Morgan fingerprint density at radius 1 is 1.32 bits per heavy atom. The van der Waals surface area contributed by atoms with Crippen molar-refractivity contribution in [3.05, 3.63) is 49.1 Å². The first-order valence-electron chi connectivity index (χ1n) is 8.08. The number of rotatable bonds is 8. The Kier molecular flexibility index (Phi) is 6.77. The molecule has 0 aliphatic heterocycles. The van der Waals surface area contributed by atoms with Crippen molar-refractivity contribution in [3.8, 4) is 15.5 Å². The Balaban J connectivity index is 2.43. The van der Waals surface area contributed by atoms with Gasteiger partial charge >= 0.3 is 6.16 Å². The van der Waals surface area contributed by atoms with E-state index in [9.17, 15) is 9.59 Å². The summed E-state index contributed by atoms with van der Waals surface area (Å²) in [6.45, 7) is 6.01. The van der Waals surface area contributed by atoms with E-state index in [-0.39, 0.29) is 11.0 Å². The highest BCUT2D eigenvalue weighted by Crippen LogP contribution is 2.43. The second kappa shape index (κ2) is 9.03. The first-order chi connectivity index (χ1) is 12.1. The van der Waals surface area contributed by atoms with Crippen LogP contribution >= 0.6 is 11.3 Å². The van der Waals surface area contributed by atoms with Crippen molar-refractivity contribution >= 4 is 29.1 Å². The fraction of sp³-hybridized carbons (Fsp3) is 0.263. The molecule has 0 aliphatic rings. The molecule has 0 saturated carbocycles. The van der Waals surface area contributed by atoms with E-state index in [0.717, 1.165) is 23.3 Å². The third kappa shape index (κ3) is 4.93. The SMILES string of the molecule is C=CCN(C(=O)CCCC)c1cc(-c2ccccc2)sc1OC(=O)O. The third-order valence-corrected chi connectivity index (χ3v) is 4.62. The Morgan fingerprint density at radius 3 is 2.64 bits per heavy atom. The summed E-state index contributed by atoms with van der Waals surface area (Å²) in [5.74, 6) is -0.0746. The molecule has 0 bridgehead atoms. The van der Waals surface area contributed by atoms with Crippen molar-refractivity contribution < 1.29 is 19.4 Å². The van der Waals surface area contributed by atoms with Crippen molar-refractivity contribution in [2.24, 2.45) is 0 Å². The lowest BCUT2D eigenvalue weighted by molar-refractivity contribution is -0.118. The summed E-state index contributed by atoms with van der Waals surface area (Å²) >= 11 is 1.21. The first-order valence-corrected chi connectivity index (χ1v) is 8.89. The number of unbranched alkanes of at least 4 members (excludes halogenated alkanes) is 1. The molecule has 1 N–H and O–H groups in total. The van der Waals surface area contributed by atoms with Gasteiger partial charge in [-0.05, 0) is 18.1 Å². The highest BCUT2D eigenvalue weighted by atomic mass is 32.1. The van der Waals surface area contributed by atoms with E-state index in [4.69, 9.17) is 9.84 Å². The minimum Gasteiger partial charge on any atom is -0.449 e. The lowest BCUT2D eigenvalue weighted by Gasteiger charge is -2.20. The molecular weight excluding hydrogens is 338 g/mol. The highest BCUT2D eigenvalue weighted by Gasteiger charge is 2.23. The van der Waals surface area contributed by atoms with Crippen molar-refractivity contribution in [3.63, 3.8) is 0 Å². The molecule has 132 valence electrons. The van der Waals surface area contributed by atoms with Crippen LogP contribution in [0.15, 0.2) is 49.1 Å². The lowest BCUT2D eigenvalue weighted by Crippen LogP contribution is -2.30. The zero-order valence-electron chi connectivity index (χ0n) is 14.1. The van der Waals surface area contributed by atoms with Crippen molar-refractivity contribution in [2.45, 2.75) is 26.2 Å². The molecule has 2 rings (SSSR count). The molecule has 1 aromatic heterocycles. The van der Waals surface area contributed by atoms with Gasteiger partial charge < -0.3 is 14.7 Å². The molecule has 0 saturated heterocycles.